The van der Waals surface area contributed by atoms with Gasteiger partial charge in [-0.3, -0.25) is 0 Å². The van der Waals surface area contributed by atoms with Gasteiger partial charge in [0, 0.05) is 105 Å². The Kier molecular flexibility index (Phi) is 59.2. The first-order valence-corrected chi connectivity index (χ1v) is 41.2. The number of aromatic carboxylic acids is 1. The topological polar surface area (TPSA) is 402 Å². The van der Waals surface area contributed by atoms with Crippen LogP contribution in [0.3, 0.4) is 0 Å². The number of aldehydes is 1. The number of aliphatic hydroxyl groups is 2. The molecule has 5 aromatic carbocycles. The van der Waals surface area contributed by atoms with Crippen LogP contribution < -0.4 is 34.6 Å². The van der Waals surface area contributed by atoms with Gasteiger partial charge in [-0.1, -0.05) is 15.9 Å². The smallest absolute Gasteiger partial charge is 0.410 e. The van der Waals surface area contributed by atoms with E-state index in [1.807, 2.05) is 32.9 Å². The van der Waals surface area contributed by atoms with Crippen molar-refractivity contribution in [1.29, 1.82) is 0 Å². The first-order valence-electron chi connectivity index (χ1n) is 40.1. The highest BCUT2D eigenvalue weighted by Gasteiger charge is 2.26. The van der Waals surface area contributed by atoms with E-state index < -0.39 is 58.8 Å². The Morgan fingerprint density at radius 3 is 1.12 bits per heavy atom. The number of anilines is 2. The van der Waals surface area contributed by atoms with Gasteiger partial charge in [-0.15, -0.1) is 0 Å². The van der Waals surface area contributed by atoms with E-state index in [1.165, 1.54) is 46.6 Å². The molecule has 0 aromatic heterocycles. The fraction of sp³-hybridized carbons (Fsp3) is 0.570. The minimum atomic E-state index is -1.19. The average molecular weight is 1820 g/mol. The number of aliphatic hydroxyl groups excluding tert-OH is 2. The molecule has 0 bridgehead atoms. The van der Waals surface area contributed by atoms with E-state index in [0.717, 1.165) is 170 Å². The number of carbonyl (C=O) groups is 7. The van der Waals surface area contributed by atoms with Crippen LogP contribution in [0.5, 0.6) is 28.7 Å². The second-order valence-electron chi connectivity index (χ2n) is 27.9. The largest absolute Gasteiger partial charge is 0.505 e. The molecular formula is C86H127BrF3N5O28. The van der Waals surface area contributed by atoms with Crippen molar-refractivity contribution in [2.24, 2.45) is 17.8 Å². The molecule has 4 aliphatic heterocycles. The molecule has 37 heteroatoms. The van der Waals surface area contributed by atoms with Gasteiger partial charge in [-0.05, 0) is 175 Å². The fourth-order valence-electron chi connectivity index (χ4n) is 11.1. The summed E-state index contributed by atoms with van der Waals surface area (Å²) in [5.41, 5.74) is 2.59. The number of ether oxygens (including phenoxy) is 16. The number of carboxylic acids is 1. The lowest BCUT2D eigenvalue weighted by molar-refractivity contribution is -0.111. The van der Waals surface area contributed by atoms with Crippen molar-refractivity contribution in [3.63, 3.8) is 0 Å². The number of halogens is 4. The monoisotopic (exact) mass is 1810 g/mol. The number of carbonyl (C=O) groups excluding carboxylic acids is 6. The summed E-state index contributed by atoms with van der Waals surface area (Å²) >= 11 is 3.24. The van der Waals surface area contributed by atoms with Crippen molar-refractivity contribution < 1.29 is 148 Å². The predicted molar refractivity (Wildman–Crippen MR) is 455 cm³/mol. The van der Waals surface area contributed by atoms with Gasteiger partial charge in [-0.25, -0.2) is 41.9 Å². The summed E-state index contributed by atoms with van der Waals surface area (Å²) in [4.78, 5) is 84.6. The number of aromatic hydroxyl groups is 2. The molecule has 0 radical (unpaired) electrons. The van der Waals surface area contributed by atoms with Crippen LogP contribution in [0, 0.1) is 35.2 Å². The lowest BCUT2D eigenvalue weighted by Gasteiger charge is -2.34. The molecular weight excluding hydrogens is 1690 g/mol. The zero-order valence-electron chi connectivity index (χ0n) is 72.5. The number of amides is 1. The minimum absolute atomic E-state index is 0.00163. The Hall–Kier alpha value is -9.22. The molecule has 7 N–H and O–H groups in total. The number of phenolic OH excluding ortho intramolecular Hbond substituents is 2. The first-order chi connectivity index (χ1) is 59.2. The number of nitrogens with zero attached hydrogens (tertiary/aromatic N) is 3. The maximum absolute atomic E-state index is 13.4. The fourth-order valence-corrected chi connectivity index (χ4v) is 11.3. The second-order valence-corrected chi connectivity index (χ2v) is 28.7. The normalized spacial score (nSPS) is 13.8. The summed E-state index contributed by atoms with van der Waals surface area (Å²) in [6.07, 6.45) is 6.65. The number of piperazine rings is 1. The van der Waals surface area contributed by atoms with Gasteiger partial charge in [0.1, 0.15) is 43.2 Å². The van der Waals surface area contributed by atoms with Crippen LogP contribution in [-0.2, 0) is 66.4 Å². The molecule has 0 atom stereocenters. The Balaban J connectivity index is 0.000000494. The van der Waals surface area contributed by atoms with E-state index in [1.54, 1.807) is 57.6 Å². The summed E-state index contributed by atoms with van der Waals surface area (Å²) in [5, 5.41) is 51.2. The number of hydrogen-bond acceptors (Lipinski definition) is 31. The highest BCUT2D eigenvalue weighted by atomic mass is 79.9. The number of rotatable bonds is 36. The van der Waals surface area contributed by atoms with Crippen molar-refractivity contribution in [1.82, 2.24) is 15.5 Å². The molecule has 692 valence electrons. The molecule has 0 saturated carbocycles. The van der Waals surface area contributed by atoms with Crippen molar-refractivity contribution >= 4 is 69.5 Å². The van der Waals surface area contributed by atoms with Gasteiger partial charge < -0.3 is 131 Å². The molecule has 0 unspecified atom stereocenters. The van der Waals surface area contributed by atoms with Crippen molar-refractivity contribution in [2.75, 3.05) is 250 Å². The van der Waals surface area contributed by atoms with Gasteiger partial charge in [0.2, 0.25) is 0 Å². The lowest BCUT2D eigenvalue weighted by Crippen LogP contribution is -2.48. The highest BCUT2D eigenvalue weighted by molar-refractivity contribution is 9.09. The SMILES string of the molecule is CC(C)(C)OC(=O)N1CCNCC1.COC(=O)c1ccc(F)c(O)c1.COCCOCCBr.COCCOCCOc1cc(C(=O)OC)ccc1F.COCCOCCOc1cc(C(=O)OC)ccc1N1CCC(C=O)CC1.COCCOCCOc1cc(C(=O)OC)ccc1N1CCC(CO)CC1.O=C(O)c1ccc(F)c(O)c1.OCC1CCNCC1. The molecule has 0 aliphatic carbocycles. The number of methoxy groups -OCH3 is 8. The van der Waals surface area contributed by atoms with Gasteiger partial charge in [0.05, 0.1) is 147 Å². The van der Waals surface area contributed by atoms with E-state index >= 15 is 0 Å². The van der Waals surface area contributed by atoms with Crippen LogP contribution in [0.4, 0.5) is 29.3 Å². The summed E-state index contributed by atoms with van der Waals surface area (Å²) in [6.45, 7) is 22.2. The molecule has 4 saturated heterocycles. The quantitative estimate of drug-likeness (QED) is 0.00644. The van der Waals surface area contributed by atoms with Crippen molar-refractivity contribution in [3.8, 4) is 28.7 Å². The standard InChI is InChI=1S/C19H29NO6.C19H27NO6.C13H17FO5.C9H18N2O2.C8H7FO3.C7H5FO3.C6H13NO.C5H11BrO2/c2*1-23-9-10-25-11-12-26-18-13-16(19(22)24-2)3-4-17(18)20-7-5-15(14-21)6-8-20;1-16-5-6-18-7-8-19-12-9-10(13(15)17-2)3-4-11(12)14;1-9(2,3)13-8(12)11-6-4-10-5-7-11;1-12-8(11)5-2-3-6(9)7(10)4-5;8-5-2-1-4(7(10)11)3-6(5)9;8-5-6-1-3-7-4-2-6;1-7-4-5-8-3-2-6/h3-4,13,15,21H,5-12,14H2,1-2H3;3-4,13-15H,5-12H2,1-2H3;3-4,9H,5-8H2,1-2H3;10H,4-7H2,1-3H3;2-4,10H,1H3;1-3,9H,(H,10,11);6-8H,1-5H2;2-5H2,1H3. The number of nitrogens with one attached hydrogen (secondary N) is 2. The number of piperidine rings is 3. The van der Waals surface area contributed by atoms with Crippen LogP contribution in [0.2, 0.25) is 0 Å². The van der Waals surface area contributed by atoms with Crippen molar-refractivity contribution in [3.05, 3.63) is 136 Å². The van der Waals surface area contributed by atoms with Gasteiger partial charge in [0.15, 0.2) is 34.7 Å². The van der Waals surface area contributed by atoms with Crippen LogP contribution in [-0.4, -0.2) is 318 Å². The summed E-state index contributed by atoms with van der Waals surface area (Å²) < 4.78 is 119. The Morgan fingerprint density at radius 2 is 0.764 bits per heavy atom. The van der Waals surface area contributed by atoms with Gasteiger partial charge in [-0.2, -0.15) is 0 Å². The first kappa shape index (κ1) is 110. The van der Waals surface area contributed by atoms with Crippen LogP contribution in [0.25, 0.3) is 0 Å². The number of benzene rings is 5. The minimum Gasteiger partial charge on any atom is -0.505 e. The summed E-state index contributed by atoms with van der Waals surface area (Å²) in [7, 11) is 11.7. The molecule has 0 spiro atoms. The molecule has 1 amide bonds. The zero-order valence-corrected chi connectivity index (χ0v) is 74.1. The van der Waals surface area contributed by atoms with E-state index in [9.17, 15) is 51.8 Å². The summed E-state index contributed by atoms with van der Waals surface area (Å²) in [6, 6.07) is 20.6. The van der Waals surface area contributed by atoms with Gasteiger partial charge in [0.25, 0.3) is 0 Å². The Morgan fingerprint density at radius 1 is 0.431 bits per heavy atom. The predicted octanol–water partition coefficient (Wildman–Crippen LogP) is 9.70. The second kappa shape index (κ2) is 66.3. The van der Waals surface area contributed by atoms with Crippen LogP contribution in [0.1, 0.15) is 111 Å². The lowest BCUT2D eigenvalue weighted by atomic mass is 9.97. The number of esters is 4. The Bertz CT molecular complexity index is 3760. The molecule has 4 fully saturated rings. The maximum atomic E-state index is 13.4. The highest BCUT2D eigenvalue weighted by Crippen LogP contribution is 2.35. The number of alkyl halides is 1. The van der Waals surface area contributed by atoms with Crippen LogP contribution in [0.15, 0.2) is 91.0 Å². The molecule has 4 heterocycles. The van der Waals surface area contributed by atoms with Gasteiger partial charge >= 0.3 is 35.9 Å². The summed E-state index contributed by atoms with van der Waals surface area (Å²) in [5.74, 6) is -4.14. The van der Waals surface area contributed by atoms with Crippen LogP contribution >= 0.6 is 15.9 Å². The maximum Gasteiger partial charge on any atom is 0.410 e. The number of hydrogen-bond donors (Lipinski definition) is 7. The van der Waals surface area contributed by atoms with E-state index in [-0.39, 0.29) is 53.3 Å². The molecule has 5 aromatic rings. The number of carboxylic acid groups (broad SMARTS) is 1. The van der Waals surface area contributed by atoms with E-state index in [2.05, 4.69) is 45.8 Å². The van der Waals surface area contributed by atoms with Crippen molar-refractivity contribution in [2.45, 2.75) is 64.9 Å². The molecule has 123 heavy (non-hydrogen) atoms. The number of phenols is 2. The third kappa shape index (κ3) is 46.9. The molecule has 33 nitrogen and oxygen atoms in total. The average Bonchev–Trinajstić information content (AvgIpc) is 0.818. The zero-order chi connectivity index (χ0) is 91.2. The molecule has 9 rings (SSSR count). The van der Waals surface area contributed by atoms with E-state index in [4.69, 9.17) is 86.7 Å². The Labute approximate surface area is 727 Å². The van der Waals surface area contributed by atoms with E-state index in [0.29, 0.717) is 127 Å². The molecule has 4 aliphatic rings. The third-order valence-corrected chi connectivity index (χ3v) is 18.2. The third-order valence-electron chi connectivity index (χ3n) is 17.9.